The van der Waals surface area contributed by atoms with Crippen molar-refractivity contribution in [2.45, 2.75) is 25.2 Å². The van der Waals surface area contributed by atoms with Gasteiger partial charge in [0.2, 0.25) is 0 Å². The molecule has 0 radical (unpaired) electrons. The van der Waals surface area contributed by atoms with E-state index < -0.39 is 16.9 Å². The molecule has 1 rings (SSSR count). The summed E-state index contributed by atoms with van der Waals surface area (Å²) >= 11 is 3.41. The molecule has 0 N–H and O–H groups in total. The normalized spacial score (nSPS) is 23.9. The number of carbonyl (C=O) groups excluding carboxylic acids is 2. The molecule has 4 nitrogen and oxygen atoms in total. The maximum atomic E-state index is 11.6. The van der Waals surface area contributed by atoms with E-state index >= 15 is 0 Å². The van der Waals surface area contributed by atoms with Crippen molar-refractivity contribution in [3.63, 3.8) is 0 Å². The minimum absolute atomic E-state index is 0.272. The van der Waals surface area contributed by atoms with Gasteiger partial charge in [0, 0.05) is 11.3 Å². The van der Waals surface area contributed by atoms with E-state index in [0.717, 1.165) is 23.7 Å². The monoisotopic (exact) mass is 290 g/mol. The number of thioether (sulfide) groups is 2. The molecule has 1 heterocycles. The van der Waals surface area contributed by atoms with Gasteiger partial charge < -0.3 is 9.47 Å². The minimum Gasteiger partial charge on any atom is -0.450 e. The Morgan fingerprint density at radius 3 is 2.78 bits per heavy atom. The molecular formula is C12H18O4S2. The van der Waals surface area contributed by atoms with Gasteiger partial charge in [-0.05, 0) is 31.8 Å². The highest BCUT2D eigenvalue weighted by Gasteiger charge is 2.31. The van der Waals surface area contributed by atoms with E-state index in [1.165, 1.54) is 6.92 Å². The molecular weight excluding hydrogens is 272 g/mol. The zero-order chi connectivity index (χ0) is 13.6. The van der Waals surface area contributed by atoms with Gasteiger partial charge in [-0.25, -0.2) is 9.59 Å². The molecule has 1 aliphatic heterocycles. The van der Waals surface area contributed by atoms with Gasteiger partial charge in [-0.1, -0.05) is 6.58 Å². The first-order chi connectivity index (χ1) is 8.43. The summed E-state index contributed by atoms with van der Waals surface area (Å²) in [4.78, 5) is 22.2. The molecule has 0 saturated carbocycles. The molecule has 1 unspecified atom stereocenters. The van der Waals surface area contributed by atoms with Gasteiger partial charge in [0.15, 0.2) is 11.5 Å². The molecule has 0 aromatic heterocycles. The first kappa shape index (κ1) is 15.4. The van der Waals surface area contributed by atoms with Crippen molar-refractivity contribution in [2.75, 3.05) is 23.9 Å². The number of rotatable bonds is 4. The fraction of sp³-hybridized carbons (Fsp3) is 0.667. The highest BCUT2D eigenvalue weighted by molar-refractivity contribution is 8.04. The standard InChI is InChI=1S/C12H18O4S2/c1-9(2)11(14)15-7-10(13)16-12(3)8-17-5-4-6-18-12/h1,4-8H2,2-3H3. The Morgan fingerprint density at radius 1 is 1.39 bits per heavy atom. The maximum absolute atomic E-state index is 11.6. The Hall–Kier alpha value is -0.620. The summed E-state index contributed by atoms with van der Waals surface area (Å²) in [6.07, 6.45) is 1.12. The molecule has 0 amide bonds. The highest BCUT2D eigenvalue weighted by Crippen LogP contribution is 2.34. The minimum atomic E-state index is -0.569. The lowest BCUT2D eigenvalue weighted by molar-refractivity contribution is -0.160. The van der Waals surface area contributed by atoms with Crippen LogP contribution in [0.15, 0.2) is 12.2 Å². The van der Waals surface area contributed by atoms with E-state index in [-0.39, 0.29) is 12.2 Å². The van der Waals surface area contributed by atoms with Crippen LogP contribution < -0.4 is 0 Å². The number of hydrogen-bond acceptors (Lipinski definition) is 6. The molecule has 0 bridgehead atoms. The molecule has 0 aromatic carbocycles. The Labute approximate surface area is 116 Å². The number of esters is 2. The average Bonchev–Trinajstić information content (AvgIpc) is 2.50. The van der Waals surface area contributed by atoms with Crippen molar-refractivity contribution < 1.29 is 19.1 Å². The van der Waals surface area contributed by atoms with Gasteiger partial charge in [0.05, 0.1) is 0 Å². The molecule has 1 fully saturated rings. The molecule has 1 saturated heterocycles. The molecule has 0 aromatic rings. The van der Waals surface area contributed by atoms with Gasteiger partial charge in [-0.15, -0.1) is 11.8 Å². The summed E-state index contributed by atoms with van der Waals surface area (Å²) in [5.41, 5.74) is 0.272. The van der Waals surface area contributed by atoms with Gasteiger partial charge in [-0.2, -0.15) is 11.8 Å². The van der Waals surface area contributed by atoms with Crippen LogP contribution in [-0.4, -0.2) is 40.7 Å². The second-order valence-electron chi connectivity index (χ2n) is 4.22. The van der Waals surface area contributed by atoms with Crippen LogP contribution in [0.2, 0.25) is 0 Å². The summed E-state index contributed by atoms with van der Waals surface area (Å²) in [5.74, 6) is 1.74. The van der Waals surface area contributed by atoms with Gasteiger partial charge in [0.1, 0.15) is 0 Å². The third kappa shape index (κ3) is 5.35. The van der Waals surface area contributed by atoms with Gasteiger partial charge in [0.25, 0.3) is 0 Å². The topological polar surface area (TPSA) is 52.6 Å². The predicted molar refractivity (Wildman–Crippen MR) is 74.7 cm³/mol. The molecule has 1 atom stereocenters. The molecule has 102 valence electrons. The average molecular weight is 290 g/mol. The highest BCUT2D eigenvalue weighted by atomic mass is 32.2. The Balaban J connectivity index is 2.38. The van der Waals surface area contributed by atoms with Crippen molar-refractivity contribution >= 4 is 35.5 Å². The van der Waals surface area contributed by atoms with E-state index in [2.05, 4.69) is 6.58 Å². The van der Waals surface area contributed by atoms with E-state index in [1.54, 1.807) is 23.5 Å². The van der Waals surface area contributed by atoms with Crippen LogP contribution >= 0.6 is 23.5 Å². The fourth-order valence-corrected chi connectivity index (χ4v) is 3.89. The van der Waals surface area contributed by atoms with Crippen LogP contribution in [0.1, 0.15) is 20.3 Å². The van der Waals surface area contributed by atoms with E-state index in [9.17, 15) is 9.59 Å². The molecule has 6 heteroatoms. The number of ether oxygens (including phenoxy) is 2. The Bertz CT molecular complexity index is 333. The van der Waals surface area contributed by atoms with Crippen molar-refractivity contribution in [1.29, 1.82) is 0 Å². The summed E-state index contributed by atoms with van der Waals surface area (Å²) in [7, 11) is 0. The smallest absolute Gasteiger partial charge is 0.345 e. The second kappa shape index (κ2) is 7.09. The van der Waals surface area contributed by atoms with Gasteiger partial charge >= 0.3 is 11.9 Å². The molecule has 18 heavy (non-hydrogen) atoms. The van der Waals surface area contributed by atoms with Crippen LogP contribution in [0.4, 0.5) is 0 Å². The summed E-state index contributed by atoms with van der Waals surface area (Å²) < 4.78 is 10.1. The molecule has 1 aliphatic rings. The van der Waals surface area contributed by atoms with E-state index in [0.29, 0.717) is 0 Å². The zero-order valence-electron chi connectivity index (χ0n) is 10.7. The first-order valence-corrected chi connectivity index (χ1v) is 7.83. The lowest BCUT2D eigenvalue weighted by atomic mass is 10.4. The quantitative estimate of drug-likeness (QED) is 0.584. The molecule has 0 spiro atoms. The Morgan fingerprint density at radius 2 is 2.11 bits per heavy atom. The predicted octanol–water partition coefficient (Wildman–Crippen LogP) is 2.24. The van der Waals surface area contributed by atoms with Crippen molar-refractivity contribution in [3.05, 3.63) is 12.2 Å². The fourth-order valence-electron chi connectivity index (χ4n) is 1.33. The first-order valence-electron chi connectivity index (χ1n) is 5.69. The maximum Gasteiger partial charge on any atom is 0.345 e. The van der Waals surface area contributed by atoms with Crippen LogP contribution in [0, 0.1) is 0 Å². The van der Waals surface area contributed by atoms with Crippen molar-refractivity contribution in [2.24, 2.45) is 0 Å². The SMILES string of the molecule is C=C(C)C(=O)OCC(=O)OC1(C)CSCCCS1. The Kier molecular flexibility index (Phi) is 6.08. The lowest BCUT2D eigenvalue weighted by Crippen LogP contribution is -2.32. The number of carbonyl (C=O) groups is 2. The molecule has 0 aliphatic carbocycles. The summed E-state index contributed by atoms with van der Waals surface area (Å²) in [6.45, 7) is 6.52. The van der Waals surface area contributed by atoms with Crippen LogP contribution in [0.5, 0.6) is 0 Å². The van der Waals surface area contributed by atoms with Gasteiger partial charge in [-0.3, -0.25) is 0 Å². The van der Waals surface area contributed by atoms with Crippen LogP contribution in [-0.2, 0) is 19.1 Å². The summed E-state index contributed by atoms with van der Waals surface area (Å²) in [5, 5.41) is 0. The largest absolute Gasteiger partial charge is 0.450 e. The van der Waals surface area contributed by atoms with Crippen molar-refractivity contribution in [1.82, 2.24) is 0 Å². The third-order valence-electron chi connectivity index (χ3n) is 2.20. The lowest BCUT2D eigenvalue weighted by Gasteiger charge is -2.26. The van der Waals surface area contributed by atoms with Crippen molar-refractivity contribution in [3.8, 4) is 0 Å². The van der Waals surface area contributed by atoms with Crippen LogP contribution in [0.25, 0.3) is 0 Å². The third-order valence-corrected chi connectivity index (χ3v) is 5.05. The summed E-state index contributed by atoms with van der Waals surface area (Å²) in [6, 6.07) is 0. The second-order valence-corrected chi connectivity index (χ2v) is 6.88. The van der Waals surface area contributed by atoms with Crippen LogP contribution in [0.3, 0.4) is 0 Å². The van der Waals surface area contributed by atoms with E-state index in [1.807, 2.05) is 6.92 Å². The zero-order valence-corrected chi connectivity index (χ0v) is 12.3. The number of hydrogen-bond donors (Lipinski definition) is 0. The van der Waals surface area contributed by atoms with E-state index in [4.69, 9.17) is 9.47 Å².